The molecule has 1 saturated carbocycles. The van der Waals surface area contributed by atoms with Crippen LogP contribution in [0.3, 0.4) is 0 Å². The zero-order chi connectivity index (χ0) is 11.5. The molecular formula is C12H13FO3. The molecule has 1 fully saturated rings. The molecule has 3 nitrogen and oxygen atoms in total. The first-order valence-electron chi connectivity index (χ1n) is 5.19. The predicted molar refractivity (Wildman–Crippen MR) is 55.6 cm³/mol. The van der Waals surface area contributed by atoms with E-state index < -0.39 is 5.97 Å². The van der Waals surface area contributed by atoms with Crippen LogP contribution in [0.1, 0.15) is 28.8 Å². The van der Waals surface area contributed by atoms with E-state index in [0.717, 1.165) is 12.8 Å². The van der Waals surface area contributed by atoms with E-state index in [1.54, 1.807) is 0 Å². The number of carbonyl (C=O) groups excluding carboxylic acids is 1. The van der Waals surface area contributed by atoms with E-state index in [-0.39, 0.29) is 18.5 Å². The van der Waals surface area contributed by atoms with Crippen LogP contribution < -0.4 is 0 Å². The minimum Gasteiger partial charge on any atom is -0.465 e. The Labute approximate surface area is 93.2 Å². The highest BCUT2D eigenvalue weighted by Crippen LogP contribution is 2.25. The first kappa shape index (κ1) is 11.1. The van der Waals surface area contributed by atoms with E-state index in [4.69, 9.17) is 4.74 Å². The molecule has 0 saturated heterocycles. The smallest absolute Gasteiger partial charge is 0.337 e. The van der Waals surface area contributed by atoms with Crippen molar-refractivity contribution < 1.29 is 18.7 Å². The number of hydrogen-bond donors (Lipinski definition) is 0. The highest BCUT2D eigenvalue weighted by atomic mass is 19.1. The van der Waals surface area contributed by atoms with Crippen molar-refractivity contribution in [2.24, 2.45) is 0 Å². The van der Waals surface area contributed by atoms with Crippen LogP contribution in [0.4, 0.5) is 4.39 Å². The molecule has 0 amide bonds. The zero-order valence-corrected chi connectivity index (χ0v) is 9.03. The van der Waals surface area contributed by atoms with Gasteiger partial charge in [-0.25, -0.2) is 9.18 Å². The molecule has 16 heavy (non-hydrogen) atoms. The van der Waals surface area contributed by atoms with Gasteiger partial charge in [0.15, 0.2) is 0 Å². The van der Waals surface area contributed by atoms with Gasteiger partial charge in [-0.15, -0.1) is 0 Å². The standard InChI is InChI=1S/C12H13FO3/c1-15-12(14)8-2-5-11(13)9(6-8)7-16-10-3-4-10/h2,5-6,10H,3-4,7H2,1H3. The van der Waals surface area contributed by atoms with Gasteiger partial charge in [-0.1, -0.05) is 0 Å². The molecule has 0 radical (unpaired) electrons. The molecule has 0 heterocycles. The van der Waals surface area contributed by atoms with Crippen LogP contribution in [0.2, 0.25) is 0 Å². The highest BCUT2D eigenvalue weighted by Gasteiger charge is 2.22. The molecule has 1 aromatic rings. The number of esters is 1. The summed E-state index contributed by atoms with van der Waals surface area (Å²) in [4.78, 5) is 11.2. The van der Waals surface area contributed by atoms with Crippen LogP contribution in [0.25, 0.3) is 0 Å². The van der Waals surface area contributed by atoms with Crippen LogP contribution in [-0.2, 0) is 16.1 Å². The van der Waals surface area contributed by atoms with E-state index in [2.05, 4.69) is 4.74 Å². The Morgan fingerprint density at radius 2 is 2.25 bits per heavy atom. The fourth-order valence-electron chi connectivity index (χ4n) is 1.37. The van der Waals surface area contributed by atoms with Gasteiger partial charge in [0.2, 0.25) is 0 Å². The Hall–Kier alpha value is -1.42. The van der Waals surface area contributed by atoms with Gasteiger partial charge in [0.05, 0.1) is 25.4 Å². The van der Waals surface area contributed by atoms with Crippen molar-refractivity contribution in [2.75, 3.05) is 7.11 Å². The van der Waals surface area contributed by atoms with Crippen molar-refractivity contribution in [3.05, 3.63) is 35.1 Å². The highest BCUT2D eigenvalue weighted by molar-refractivity contribution is 5.89. The molecule has 0 spiro atoms. The number of benzene rings is 1. The molecule has 0 aliphatic heterocycles. The molecule has 0 atom stereocenters. The molecule has 0 unspecified atom stereocenters. The van der Waals surface area contributed by atoms with Gasteiger partial charge in [0.25, 0.3) is 0 Å². The van der Waals surface area contributed by atoms with Crippen LogP contribution in [0, 0.1) is 5.82 Å². The number of rotatable bonds is 4. The number of methoxy groups -OCH3 is 1. The zero-order valence-electron chi connectivity index (χ0n) is 9.03. The molecule has 0 bridgehead atoms. The quantitative estimate of drug-likeness (QED) is 0.736. The summed E-state index contributed by atoms with van der Waals surface area (Å²) in [7, 11) is 1.30. The SMILES string of the molecule is COC(=O)c1ccc(F)c(COC2CC2)c1. The summed E-state index contributed by atoms with van der Waals surface area (Å²) in [5, 5.41) is 0. The summed E-state index contributed by atoms with van der Waals surface area (Å²) in [6, 6.07) is 4.14. The lowest BCUT2D eigenvalue weighted by Gasteiger charge is -2.06. The van der Waals surface area contributed by atoms with Crippen molar-refractivity contribution in [2.45, 2.75) is 25.6 Å². The third kappa shape index (κ3) is 2.58. The monoisotopic (exact) mass is 224 g/mol. The van der Waals surface area contributed by atoms with Gasteiger partial charge < -0.3 is 9.47 Å². The van der Waals surface area contributed by atoms with Crippen molar-refractivity contribution in [1.82, 2.24) is 0 Å². The fraction of sp³-hybridized carbons (Fsp3) is 0.417. The Morgan fingerprint density at radius 1 is 1.50 bits per heavy atom. The average Bonchev–Trinajstić information content (AvgIpc) is 3.11. The maximum atomic E-state index is 13.4. The second kappa shape index (κ2) is 4.61. The molecule has 2 rings (SSSR count). The normalized spacial score (nSPS) is 14.9. The van der Waals surface area contributed by atoms with Gasteiger partial charge in [-0.05, 0) is 31.0 Å². The summed E-state index contributed by atoms with van der Waals surface area (Å²) < 4.78 is 23.3. The maximum absolute atomic E-state index is 13.4. The molecule has 0 aromatic heterocycles. The first-order chi connectivity index (χ1) is 7.70. The van der Waals surface area contributed by atoms with Gasteiger partial charge in [0.1, 0.15) is 5.82 Å². The predicted octanol–water partition coefficient (Wildman–Crippen LogP) is 2.29. The number of halogens is 1. The Kier molecular flexibility index (Phi) is 3.19. The molecule has 1 aliphatic carbocycles. The number of hydrogen-bond acceptors (Lipinski definition) is 3. The number of carbonyl (C=O) groups is 1. The Balaban J connectivity index is 2.11. The van der Waals surface area contributed by atoms with E-state index in [1.807, 2.05) is 0 Å². The van der Waals surface area contributed by atoms with Crippen LogP contribution >= 0.6 is 0 Å². The largest absolute Gasteiger partial charge is 0.465 e. The fourth-order valence-corrected chi connectivity index (χ4v) is 1.37. The van der Waals surface area contributed by atoms with E-state index in [1.165, 1.54) is 25.3 Å². The average molecular weight is 224 g/mol. The lowest BCUT2D eigenvalue weighted by Crippen LogP contribution is -2.04. The van der Waals surface area contributed by atoms with E-state index in [9.17, 15) is 9.18 Å². The molecule has 4 heteroatoms. The van der Waals surface area contributed by atoms with Gasteiger partial charge >= 0.3 is 5.97 Å². The second-order valence-electron chi connectivity index (χ2n) is 3.81. The van der Waals surface area contributed by atoms with Gasteiger partial charge in [-0.2, -0.15) is 0 Å². The lowest BCUT2D eigenvalue weighted by atomic mass is 10.1. The molecular weight excluding hydrogens is 211 g/mol. The molecule has 0 N–H and O–H groups in total. The summed E-state index contributed by atoms with van der Waals surface area (Å²) in [6.45, 7) is 0.210. The minimum absolute atomic E-state index is 0.210. The first-order valence-corrected chi connectivity index (χ1v) is 5.19. The van der Waals surface area contributed by atoms with Gasteiger partial charge in [0, 0.05) is 5.56 Å². The summed E-state index contributed by atoms with van der Waals surface area (Å²) in [5.41, 5.74) is 0.744. The minimum atomic E-state index is -0.465. The lowest BCUT2D eigenvalue weighted by molar-refractivity contribution is 0.0600. The van der Waals surface area contributed by atoms with Crippen molar-refractivity contribution in [1.29, 1.82) is 0 Å². The summed E-state index contributed by atoms with van der Waals surface area (Å²) >= 11 is 0. The van der Waals surface area contributed by atoms with Crippen LogP contribution in [-0.4, -0.2) is 19.2 Å². The van der Waals surface area contributed by atoms with E-state index in [0.29, 0.717) is 11.1 Å². The molecule has 1 aliphatic rings. The summed E-state index contributed by atoms with van der Waals surface area (Å²) in [5.74, 6) is -0.819. The third-order valence-corrected chi connectivity index (χ3v) is 2.47. The maximum Gasteiger partial charge on any atom is 0.337 e. The number of ether oxygens (including phenoxy) is 2. The van der Waals surface area contributed by atoms with Crippen molar-refractivity contribution in [3.63, 3.8) is 0 Å². The van der Waals surface area contributed by atoms with Crippen molar-refractivity contribution >= 4 is 5.97 Å². The van der Waals surface area contributed by atoms with Gasteiger partial charge in [-0.3, -0.25) is 0 Å². The van der Waals surface area contributed by atoms with Crippen LogP contribution in [0.5, 0.6) is 0 Å². The molecule has 86 valence electrons. The Morgan fingerprint density at radius 3 is 2.88 bits per heavy atom. The topological polar surface area (TPSA) is 35.5 Å². The Bertz CT molecular complexity index is 399. The van der Waals surface area contributed by atoms with Crippen molar-refractivity contribution in [3.8, 4) is 0 Å². The van der Waals surface area contributed by atoms with Crippen LogP contribution in [0.15, 0.2) is 18.2 Å². The second-order valence-corrected chi connectivity index (χ2v) is 3.81. The third-order valence-electron chi connectivity index (χ3n) is 2.47. The molecule has 1 aromatic carbocycles. The summed E-state index contributed by atoms with van der Waals surface area (Å²) in [6.07, 6.45) is 2.34. The van der Waals surface area contributed by atoms with E-state index >= 15 is 0 Å².